The van der Waals surface area contributed by atoms with Gasteiger partial charge in [0.25, 0.3) is 0 Å². The zero-order valence-electron chi connectivity index (χ0n) is 13.6. The molecule has 0 aromatic carbocycles. The second-order valence-corrected chi connectivity index (χ2v) is 5.45. The largest absolute Gasteiger partial charge is 0.309 e. The molecule has 1 N–H and O–H groups in total. The van der Waals surface area contributed by atoms with Crippen molar-refractivity contribution in [1.29, 1.82) is 0 Å². The Morgan fingerprint density at radius 1 is 1.16 bits per heavy atom. The number of hydrogen-bond acceptors (Lipinski definition) is 7. The van der Waals surface area contributed by atoms with E-state index in [0.717, 1.165) is 17.1 Å². The van der Waals surface area contributed by atoms with E-state index in [9.17, 15) is 4.79 Å². The lowest BCUT2D eigenvalue weighted by Gasteiger charge is -2.07. The van der Waals surface area contributed by atoms with Crippen LogP contribution in [0.3, 0.4) is 0 Å². The van der Waals surface area contributed by atoms with E-state index in [2.05, 4.69) is 30.6 Å². The molecule has 25 heavy (non-hydrogen) atoms. The third-order valence-electron chi connectivity index (χ3n) is 3.74. The number of Topliss-reactive ketones (excluding diaryl/α,β-unsaturated/α-hetero) is 1. The van der Waals surface area contributed by atoms with Crippen LogP contribution in [-0.4, -0.2) is 40.1 Å². The summed E-state index contributed by atoms with van der Waals surface area (Å²) in [6.45, 7) is 1.46. The Morgan fingerprint density at radius 3 is 2.80 bits per heavy atom. The summed E-state index contributed by atoms with van der Waals surface area (Å²) >= 11 is 0. The highest BCUT2D eigenvalue weighted by Crippen LogP contribution is 2.20. The normalized spacial score (nSPS) is 11.0. The van der Waals surface area contributed by atoms with E-state index in [1.54, 1.807) is 27.7 Å². The second kappa shape index (κ2) is 5.78. The molecule has 9 heteroatoms. The number of fused-ring (bicyclic) bond motifs is 1. The van der Waals surface area contributed by atoms with Crippen molar-refractivity contribution in [2.75, 3.05) is 5.32 Å². The minimum atomic E-state index is -0.134. The van der Waals surface area contributed by atoms with Crippen molar-refractivity contribution in [3.63, 3.8) is 0 Å². The Bertz CT molecular complexity index is 1080. The Morgan fingerprint density at radius 2 is 2.04 bits per heavy atom. The van der Waals surface area contributed by atoms with Crippen LogP contribution in [0.5, 0.6) is 0 Å². The molecule has 0 unspecified atom stereocenters. The minimum Gasteiger partial charge on any atom is -0.309 e. The summed E-state index contributed by atoms with van der Waals surface area (Å²) in [6, 6.07) is 7.33. The topological polar surface area (TPSA) is 103 Å². The van der Waals surface area contributed by atoms with Gasteiger partial charge >= 0.3 is 0 Å². The summed E-state index contributed by atoms with van der Waals surface area (Å²) in [5.41, 5.74) is 2.17. The Balaban J connectivity index is 1.70. The molecule has 4 heterocycles. The third-order valence-corrected chi connectivity index (χ3v) is 3.74. The Hall–Kier alpha value is -3.62. The zero-order valence-corrected chi connectivity index (χ0v) is 13.6. The van der Waals surface area contributed by atoms with Crippen molar-refractivity contribution in [1.82, 2.24) is 34.3 Å². The van der Waals surface area contributed by atoms with Gasteiger partial charge in [-0.15, -0.1) is 10.2 Å². The van der Waals surface area contributed by atoms with Crippen molar-refractivity contribution in [3.8, 4) is 11.3 Å². The van der Waals surface area contributed by atoms with Gasteiger partial charge in [-0.1, -0.05) is 0 Å². The molecule has 0 fully saturated rings. The van der Waals surface area contributed by atoms with Crippen LogP contribution in [0.1, 0.15) is 17.5 Å². The van der Waals surface area contributed by atoms with Crippen molar-refractivity contribution in [2.45, 2.75) is 6.92 Å². The average molecular weight is 334 g/mol. The lowest BCUT2D eigenvalue weighted by Crippen LogP contribution is -2.03. The lowest BCUT2D eigenvalue weighted by atomic mass is 10.2. The fourth-order valence-electron chi connectivity index (χ4n) is 2.48. The first-order chi connectivity index (χ1) is 12.1. The van der Waals surface area contributed by atoms with Crippen LogP contribution < -0.4 is 5.32 Å². The van der Waals surface area contributed by atoms with E-state index >= 15 is 0 Å². The van der Waals surface area contributed by atoms with Crippen LogP contribution in [0.15, 0.2) is 42.9 Å². The molecule has 0 aliphatic heterocycles. The smallest absolute Gasteiger partial charge is 0.228 e. The van der Waals surface area contributed by atoms with E-state index in [4.69, 9.17) is 0 Å². The molecule has 0 aliphatic carbocycles. The SMILES string of the molecule is CC(=O)c1nnc2cc(-c3ccnc(Nc4ccnn4C)n3)ccn12. The van der Waals surface area contributed by atoms with Gasteiger partial charge in [-0.3, -0.25) is 13.9 Å². The number of aryl methyl sites for hydroxylation is 1. The number of carbonyl (C=O) groups excluding carboxylic acids is 1. The first kappa shape index (κ1) is 14.9. The molecule has 0 radical (unpaired) electrons. The highest BCUT2D eigenvalue weighted by Gasteiger charge is 2.11. The van der Waals surface area contributed by atoms with Crippen LogP contribution in [0, 0.1) is 0 Å². The highest BCUT2D eigenvalue weighted by molar-refractivity contribution is 5.91. The molecular formula is C16H14N8O. The summed E-state index contributed by atoms with van der Waals surface area (Å²) in [7, 11) is 1.83. The van der Waals surface area contributed by atoms with Crippen LogP contribution in [0.25, 0.3) is 16.9 Å². The molecule has 0 saturated carbocycles. The molecule has 0 amide bonds. The molecule has 0 saturated heterocycles. The molecule has 4 aromatic heterocycles. The standard InChI is InChI=1S/C16H14N8O/c1-10(25)15-22-21-14-9-11(5-8-24(14)15)12-3-6-17-16(19-12)20-13-4-7-18-23(13)2/h3-9H,1-2H3,(H,17,19,20). The van der Waals surface area contributed by atoms with E-state index in [1.165, 1.54) is 6.92 Å². The summed E-state index contributed by atoms with van der Waals surface area (Å²) in [5.74, 6) is 1.43. The number of nitrogens with one attached hydrogen (secondary N) is 1. The molecule has 9 nitrogen and oxygen atoms in total. The molecule has 124 valence electrons. The number of hydrogen-bond donors (Lipinski definition) is 1. The third kappa shape index (κ3) is 2.71. The van der Waals surface area contributed by atoms with Crippen molar-refractivity contribution < 1.29 is 4.79 Å². The Labute approximate surface area is 142 Å². The maximum Gasteiger partial charge on any atom is 0.228 e. The van der Waals surface area contributed by atoms with Crippen LogP contribution in [0.2, 0.25) is 0 Å². The van der Waals surface area contributed by atoms with Gasteiger partial charge in [0, 0.05) is 38.0 Å². The van der Waals surface area contributed by atoms with Crippen molar-refractivity contribution in [2.24, 2.45) is 7.05 Å². The summed E-state index contributed by atoms with van der Waals surface area (Å²) in [4.78, 5) is 20.3. The lowest BCUT2D eigenvalue weighted by molar-refractivity contribution is 0.100. The minimum absolute atomic E-state index is 0.134. The molecule has 0 bridgehead atoms. The monoisotopic (exact) mass is 334 g/mol. The second-order valence-electron chi connectivity index (χ2n) is 5.45. The molecule has 4 aromatic rings. The summed E-state index contributed by atoms with van der Waals surface area (Å²) in [5, 5.41) is 15.2. The first-order valence-corrected chi connectivity index (χ1v) is 7.56. The van der Waals surface area contributed by atoms with E-state index < -0.39 is 0 Å². The van der Waals surface area contributed by atoms with Gasteiger partial charge < -0.3 is 5.32 Å². The predicted octanol–water partition coefficient (Wildman–Crippen LogP) is 1.87. The first-order valence-electron chi connectivity index (χ1n) is 7.56. The van der Waals surface area contributed by atoms with Crippen LogP contribution in [-0.2, 0) is 7.05 Å². The quantitative estimate of drug-likeness (QED) is 0.568. The number of rotatable bonds is 4. The molecule has 0 atom stereocenters. The van der Waals surface area contributed by atoms with Gasteiger partial charge in [-0.25, -0.2) is 9.97 Å². The van der Waals surface area contributed by atoms with Gasteiger partial charge in [0.15, 0.2) is 11.4 Å². The van der Waals surface area contributed by atoms with Gasteiger partial charge in [-0.05, 0) is 18.2 Å². The number of pyridine rings is 1. The van der Waals surface area contributed by atoms with Gasteiger partial charge in [-0.2, -0.15) is 5.10 Å². The van der Waals surface area contributed by atoms with Crippen molar-refractivity contribution in [3.05, 3.63) is 48.7 Å². The van der Waals surface area contributed by atoms with Gasteiger partial charge in [0.1, 0.15) is 5.82 Å². The number of nitrogens with zero attached hydrogens (tertiary/aromatic N) is 7. The number of ketones is 1. The van der Waals surface area contributed by atoms with E-state index in [-0.39, 0.29) is 5.78 Å². The maximum absolute atomic E-state index is 11.5. The molecule has 4 rings (SSSR count). The fraction of sp³-hybridized carbons (Fsp3) is 0.125. The highest BCUT2D eigenvalue weighted by atomic mass is 16.1. The predicted molar refractivity (Wildman–Crippen MR) is 90.5 cm³/mol. The van der Waals surface area contributed by atoms with Crippen LogP contribution >= 0.6 is 0 Å². The van der Waals surface area contributed by atoms with E-state index in [0.29, 0.717) is 17.4 Å². The van der Waals surface area contributed by atoms with Gasteiger partial charge in [0.2, 0.25) is 11.8 Å². The number of carbonyl (C=O) groups is 1. The van der Waals surface area contributed by atoms with E-state index in [1.807, 2.05) is 31.3 Å². The maximum atomic E-state index is 11.5. The summed E-state index contributed by atoms with van der Waals surface area (Å²) < 4.78 is 3.35. The van der Waals surface area contributed by atoms with Crippen molar-refractivity contribution >= 4 is 23.2 Å². The molecule has 0 spiro atoms. The average Bonchev–Trinajstić information content (AvgIpc) is 3.21. The zero-order chi connectivity index (χ0) is 17.4. The number of anilines is 2. The number of aromatic nitrogens is 7. The Kier molecular flexibility index (Phi) is 3.46. The van der Waals surface area contributed by atoms with Gasteiger partial charge in [0.05, 0.1) is 11.9 Å². The fourth-order valence-corrected chi connectivity index (χ4v) is 2.48. The summed E-state index contributed by atoms with van der Waals surface area (Å²) in [6.07, 6.45) is 5.13. The molecular weight excluding hydrogens is 320 g/mol. The van der Waals surface area contributed by atoms with Crippen LogP contribution in [0.4, 0.5) is 11.8 Å². The molecule has 0 aliphatic rings.